The lowest BCUT2D eigenvalue weighted by Crippen LogP contribution is -2.37. The second-order valence-electron chi connectivity index (χ2n) is 4.60. The number of ether oxygens (including phenoxy) is 1. The number of likely N-dealkylation sites (N-methyl/N-ethyl adjacent to an activating group) is 1. The van der Waals surface area contributed by atoms with Crippen molar-refractivity contribution in [3.8, 4) is 0 Å². The molecule has 1 rings (SSSR count). The molecule has 0 radical (unpaired) electrons. The predicted molar refractivity (Wildman–Crippen MR) is 59.3 cm³/mol. The van der Waals surface area contributed by atoms with Crippen molar-refractivity contribution < 1.29 is 18.8 Å². The molecule has 17 heavy (non-hydrogen) atoms. The molecule has 1 amide bonds. The summed E-state index contributed by atoms with van der Waals surface area (Å²) in [4.78, 5) is 23.9. The molecular weight excluding hydrogens is 224 g/mol. The minimum Gasteiger partial charge on any atom is -0.444 e. The van der Waals surface area contributed by atoms with E-state index in [0.29, 0.717) is 12.0 Å². The van der Waals surface area contributed by atoms with Crippen molar-refractivity contribution in [3.05, 3.63) is 18.0 Å². The van der Waals surface area contributed by atoms with Crippen molar-refractivity contribution in [1.29, 1.82) is 0 Å². The summed E-state index contributed by atoms with van der Waals surface area (Å²) in [5.74, 6) is 0. The van der Waals surface area contributed by atoms with Gasteiger partial charge in [0.05, 0.1) is 0 Å². The molecule has 0 saturated carbocycles. The van der Waals surface area contributed by atoms with E-state index in [1.165, 1.54) is 24.3 Å². The number of aldehydes is 1. The maximum Gasteiger partial charge on any atom is 0.410 e. The average Bonchev–Trinajstić information content (AvgIpc) is 2.69. The maximum absolute atomic E-state index is 11.7. The summed E-state index contributed by atoms with van der Waals surface area (Å²) >= 11 is 0. The van der Waals surface area contributed by atoms with Crippen LogP contribution in [-0.2, 0) is 9.53 Å². The number of carbonyl (C=O) groups is 2. The van der Waals surface area contributed by atoms with E-state index in [2.05, 4.69) is 9.68 Å². The van der Waals surface area contributed by atoms with Gasteiger partial charge >= 0.3 is 6.09 Å². The average molecular weight is 240 g/mol. The molecular formula is C11H16N2O4. The molecule has 0 aliphatic carbocycles. The zero-order chi connectivity index (χ0) is 13.1. The third kappa shape index (κ3) is 3.58. The van der Waals surface area contributed by atoms with Gasteiger partial charge in [0.1, 0.15) is 29.9 Å². The van der Waals surface area contributed by atoms with Gasteiger partial charge < -0.3 is 14.1 Å². The Balaban J connectivity index is 2.77. The molecule has 0 fully saturated rings. The second kappa shape index (κ2) is 4.99. The van der Waals surface area contributed by atoms with Crippen LogP contribution in [0.2, 0.25) is 0 Å². The quantitative estimate of drug-likeness (QED) is 0.753. The molecule has 0 aromatic carbocycles. The lowest BCUT2D eigenvalue weighted by molar-refractivity contribution is -0.112. The molecule has 1 atom stereocenters. The van der Waals surface area contributed by atoms with Crippen LogP contribution >= 0.6 is 0 Å². The van der Waals surface area contributed by atoms with E-state index < -0.39 is 17.7 Å². The fourth-order valence-electron chi connectivity index (χ4n) is 1.18. The summed E-state index contributed by atoms with van der Waals surface area (Å²) in [6.07, 6.45) is 1.37. The Hall–Kier alpha value is -1.85. The fraction of sp³-hybridized carbons (Fsp3) is 0.545. The standard InChI is InChI=1S/C11H16N2O4/c1-11(2,3)17-10(15)13(4)9(7-14)8-5-6-16-12-8/h5-7,9H,1-4H3. The molecule has 1 aromatic heterocycles. The molecule has 1 unspecified atom stereocenters. The minimum absolute atomic E-state index is 0.369. The smallest absolute Gasteiger partial charge is 0.410 e. The second-order valence-corrected chi connectivity index (χ2v) is 4.60. The number of aromatic nitrogens is 1. The van der Waals surface area contributed by atoms with E-state index in [-0.39, 0.29) is 0 Å². The molecule has 1 aromatic rings. The number of amides is 1. The first-order valence-electron chi connectivity index (χ1n) is 5.16. The monoisotopic (exact) mass is 240 g/mol. The molecule has 6 heteroatoms. The van der Waals surface area contributed by atoms with E-state index in [4.69, 9.17) is 4.74 Å². The lowest BCUT2D eigenvalue weighted by atomic mass is 10.2. The fourth-order valence-corrected chi connectivity index (χ4v) is 1.18. The van der Waals surface area contributed by atoms with Crippen LogP contribution in [0.15, 0.2) is 16.9 Å². The van der Waals surface area contributed by atoms with Gasteiger partial charge in [-0.3, -0.25) is 4.90 Å². The van der Waals surface area contributed by atoms with Gasteiger partial charge in [0, 0.05) is 13.1 Å². The highest BCUT2D eigenvalue weighted by atomic mass is 16.6. The predicted octanol–water partition coefficient (Wildman–Crippen LogP) is 1.78. The lowest BCUT2D eigenvalue weighted by Gasteiger charge is -2.26. The topological polar surface area (TPSA) is 72.6 Å². The summed E-state index contributed by atoms with van der Waals surface area (Å²) in [6.45, 7) is 5.26. The highest BCUT2D eigenvalue weighted by Gasteiger charge is 2.27. The molecule has 0 spiro atoms. The third-order valence-electron chi connectivity index (χ3n) is 1.99. The van der Waals surface area contributed by atoms with Crippen molar-refractivity contribution in [1.82, 2.24) is 10.1 Å². The van der Waals surface area contributed by atoms with Crippen LogP contribution in [0.5, 0.6) is 0 Å². The van der Waals surface area contributed by atoms with Crippen LogP contribution in [0.25, 0.3) is 0 Å². The Labute approximate surface area is 99.5 Å². The summed E-state index contributed by atoms with van der Waals surface area (Å²) < 4.78 is 9.79. The van der Waals surface area contributed by atoms with Gasteiger partial charge in [-0.15, -0.1) is 0 Å². The van der Waals surface area contributed by atoms with Crippen LogP contribution < -0.4 is 0 Å². The van der Waals surface area contributed by atoms with Gasteiger partial charge in [0.15, 0.2) is 0 Å². The largest absolute Gasteiger partial charge is 0.444 e. The Morgan fingerprint density at radius 1 is 1.59 bits per heavy atom. The Morgan fingerprint density at radius 3 is 2.65 bits per heavy atom. The van der Waals surface area contributed by atoms with E-state index in [1.807, 2.05) is 0 Å². The molecule has 6 nitrogen and oxygen atoms in total. The molecule has 0 aliphatic heterocycles. The van der Waals surface area contributed by atoms with Gasteiger partial charge in [-0.2, -0.15) is 0 Å². The molecule has 0 aliphatic rings. The van der Waals surface area contributed by atoms with Gasteiger partial charge in [-0.25, -0.2) is 4.79 Å². The van der Waals surface area contributed by atoms with Crippen molar-refractivity contribution in [2.24, 2.45) is 0 Å². The summed E-state index contributed by atoms with van der Waals surface area (Å²) in [6, 6.07) is 0.725. The Kier molecular flexibility index (Phi) is 3.88. The van der Waals surface area contributed by atoms with Crippen LogP contribution in [-0.4, -0.2) is 35.1 Å². The van der Waals surface area contributed by atoms with E-state index >= 15 is 0 Å². The maximum atomic E-state index is 11.7. The van der Waals surface area contributed by atoms with Gasteiger partial charge in [-0.1, -0.05) is 5.16 Å². The highest BCUT2D eigenvalue weighted by Crippen LogP contribution is 2.18. The number of hydrogen-bond acceptors (Lipinski definition) is 5. The zero-order valence-electron chi connectivity index (χ0n) is 10.3. The van der Waals surface area contributed by atoms with Gasteiger partial charge in [0.2, 0.25) is 0 Å². The van der Waals surface area contributed by atoms with Gasteiger partial charge in [0.25, 0.3) is 0 Å². The SMILES string of the molecule is CN(C(=O)OC(C)(C)C)C(C=O)c1ccon1. The first-order valence-corrected chi connectivity index (χ1v) is 5.16. The molecule has 94 valence electrons. The highest BCUT2D eigenvalue weighted by molar-refractivity contribution is 5.74. The minimum atomic E-state index is -0.802. The molecule has 1 heterocycles. The van der Waals surface area contributed by atoms with E-state index in [0.717, 1.165) is 0 Å². The third-order valence-corrected chi connectivity index (χ3v) is 1.99. The van der Waals surface area contributed by atoms with Gasteiger partial charge in [-0.05, 0) is 20.8 Å². The molecule has 0 bridgehead atoms. The van der Waals surface area contributed by atoms with E-state index in [1.54, 1.807) is 20.8 Å². The van der Waals surface area contributed by atoms with Crippen LogP contribution in [0.3, 0.4) is 0 Å². The summed E-state index contributed by atoms with van der Waals surface area (Å²) in [7, 11) is 1.47. The molecule has 0 N–H and O–H groups in total. The zero-order valence-corrected chi connectivity index (χ0v) is 10.3. The number of carbonyl (C=O) groups excluding carboxylic acids is 2. The van der Waals surface area contributed by atoms with Crippen LogP contribution in [0.1, 0.15) is 32.5 Å². The van der Waals surface area contributed by atoms with Crippen molar-refractivity contribution >= 4 is 12.4 Å². The number of hydrogen-bond donors (Lipinski definition) is 0. The molecule has 0 saturated heterocycles. The Morgan fingerprint density at radius 2 is 2.24 bits per heavy atom. The normalized spacial score (nSPS) is 12.9. The van der Waals surface area contributed by atoms with Crippen molar-refractivity contribution in [2.75, 3.05) is 7.05 Å². The van der Waals surface area contributed by atoms with Crippen molar-refractivity contribution in [3.63, 3.8) is 0 Å². The first kappa shape index (κ1) is 13.2. The Bertz CT molecular complexity index is 381. The summed E-state index contributed by atoms with van der Waals surface area (Å²) in [5, 5.41) is 3.63. The first-order chi connectivity index (χ1) is 7.85. The van der Waals surface area contributed by atoms with Crippen LogP contribution in [0, 0.1) is 0 Å². The number of rotatable bonds is 3. The van der Waals surface area contributed by atoms with E-state index in [9.17, 15) is 9.59 Å². The van der Waals surface area contributed by atoms with Crippen LogP contribution in [0.4, 0.5) is 4.79 Å². The number of nitrogens with zero attached hydrogens (tertiary/aromatic N) is 2. The van der Waals surface area contributed by atoms with Crippen molar-refractivity contribution in [2.45, 2.75) is 32.4 Å². The summed E-state index contributed by atoms with van der Waals surface area (Å²) in [5.41, 5.74) is -0.240.